The summed E-state index contributed by atoms with van der Waals surface area (Å²) in [4.78, 5) is 17.2. The summed E-state index contributed by atoms with van der Waals surface area (Å²) in [5.41, 5.74) is 4.30. The Morgan fingerprint density at radius 1 is 1.09 bits per heavy atom. The highest BCUT2D eigenvalue weighted by Crippen LogP contribution is 2.28. The van der Waals surface area contributed by atoms with Gasteiger partial charge in [-0.3, -0.25) is 9.48 Å². The molecule has 34 heavy (non-hydrogen) atoms. The number of aryl methyl sites for hydroxylation is 1. The number of rotatable bonds is 7. The van der Waals surface area contributed by atoms with Crippen LogP contribution in [0, 0.1) is 6.92 Å². The van der Waals surface area contributed by atoms with Crippen molar-refractivity contribution < 1.29 is 9.53 Å². The average Bonchev–Trinajstić information content (AvgIpc) is 3.47. The minimum absolute atomic E-state index is 0.146. The summed E-state index contributed by atoms with van der Waals surface area (Å²) in [5, 5.41) is 10.3. The average molecular weight is 453 g/mol. The molecule has 5 rings (SSSR count). The van der Waals surface area contributed by atoms with Crippen LogP contribution in [0.4, 0.5) is 11.5 Å². The van der Waals surface area contributed by atoms with Gasteiger partial charge in [-0.05, 0) is 55.0 Å². The lowest BCUT2D eigenvalue weighted by Crippen LogP contribution is -2.23. The molecule has 8 heteroatoms. The van der Waals surface area contributed by atoms with Gasteiger partial charge in [0.1, 0.15) is 17.3 Å². The number of anilines is 2. The van der Waals surface area contributed by atoms with Gasteiger partial charge in [0.25, 0.3) is 5.91 Å². The molecule has 5 aromatic rings. The van der Waals surface area contributed by atoms with E-state index in [0.29, 0.717) is 29.4 Å². The number of amides is 1. The molecule has 1 amide bonds. The molecule has 2 N–H and O–H groups in total. The highest BCUT2D eigenvalue weighted by atomic mass is 16.5. The van der Waals surface area contributed by atoms with Gasteiger partial charge in [-0.25, -0.2) is 4.98 Å². The molecule has 0 aliphatic heterocycles. The van der Waals surface area contributed by atoms with E-state index in [0.717, 1.165) is 22.3 Å². The molecule has 0 bridgehead atoms. The number of nitrogens with zero attached hydrogens (tertiary/aromatic N) is 4. The Labute approximate surface area is 196 Å². The van der Waals surface area contributed by atoms with Crippen molar-refractivity contribution in [3.63, 3.8) is 0 Å². The third kappa shape index (κ3) is 4.61. The van der Waals surface area contributed by atoms with Gasteiger partial charge in [-0.2, -0.15) is 5.10 Å². The Balaban J connectivity index is 1.28. The van der Waals surface area contributed by atoms with E-state index < -0.39 is 0 Å². The largest absolute Gasteiger partial charge is 0.457 e. The van der Waals surface area contributed by atoms with Crippen LogP contribution in [-0.4, -0.2) is 25.1 Å². The van der Waals surface area contributed by atoms with E-state index in [1.165, 1.54) is 0 Å². The number of ether oxygens (including phenoxy) is 1. The summed E-state index contributed by atoms with van der Waals surface area (Å²) < 4.78 is 9.85. The van der Waals surface area contributed by atoms with Gasteiger partial charge in [0.05, 0.1) is 11.9 Å². The molecule has 0 fully saturated rings. The maximum atomic E-state index is 12.9. The van der Waals surface area contributed by atoms with Crippen LogP contribution in [0.1, 0.15) is 21.5 Å². The van der Waals surface area contributed by atoms with Crippen molar-refractivity contribution in [2.24, 2.45) is 7.05 Å². The van der Waals surface area contributed by atoms with Crippen LogP contribution in [0.2, 0.25) is 0 Å². The molecule has 0 aliphatic rings. The van der Waals surface area contributed by atoms with Crippen molar-refractivity contribution in [1.82, 2.24) is 24.5 Å². The summed E-state index contributed by atoms with van der Waals surface area (Å²) in [6.07, 6.45) is 9.23. The number of carbonyl (C=O) groups excluding carboxylic acids is 1. The minimum Gasteiger partial charge on any atom is -0.457 e. The van der Waals surface area contributed by atoms with Crippen molar-refractivity contribution in [2.45, 2.75) is 13.5 Å². The Morgan fingerprint density at radius 2 is 2.00 bits per heavy atom. The maximum Gasteiger partial charge on any atom is 0.251 e. The fourth-order valence-corrected chi connectivity index (χ4v) is 3.74. The minimum atomic E-state index is -0.146. The first-order valence-electron chi connectivity index (χ1n) is 10.9. The van der Waals surface area contributed by atoms with Crippen LogP contribution in [0.25, 0.3) is 5.52 Å². The van der Waals surface area contributed by atoms with Gasteiger partial charge in [0.15, 0.2) is 0 Å². The van der Waals surface area contributed by atoms with Gasteiger partial charge in [0.2, 0.25) is 0 Å². The predicted octanol–water partition coefficient (Wildman–Crippen LogP) is 4.84. The summed E-state index contributed by atoms with van der Waals surface area (Å²) in [6, 6.07) is 17.1. The molecule has 4 aromatic heterocycles. The highest BCUT2D eigenvalue weighted by Gasteiger charge is 2.13. The monoisotopic (exact) mass is 452 g/mol. The fraction of sp³-hybridized carbons (Fsp3) is 0.115. The first-order chi connectivity index (χ1) is 16.5. The van der Waals surface area contributed by atoms with Crippen LogP contribution >= 0.6 is 0 Å². The molecule has 0 saturated heterocycles. The van der Waals surface area contributed by atoms with Gasteiger partial charge in [-0.15, -0.1) is 0 Å². The van der Waals surface area contributed by atoms with Crippen molar-refractivity contribution in [3.8, 4) is 11.5 Å². The van der Waals surface area contributed by atoms with Gasteiger partial charge in [0, 0.05) is 61.1 Å². The quantitative estimate of drug-likeness (QED) is 0.369. The zero-order valence-corrected chi connectivity index (χ0v) is 18.9. The zero-order valence-electron chi connectivity index (χ0n) is 18.9. The third-order valence-corrected chi connectivity index (χ3v) is 5.51. The zero-order chi connectivity index (χ0) is 23.5. The summed E-state index contributed by atoms with van der Waals surface area (Å²) in [5.74, 6) is 1.72. The van der Waals surface area contributed by atoms with Crippen LogP contribution in [0.5, 0.6) is 11.5 Å². The molecular formula is C26H24N6O2. The first-order valence-corrected chi connectivity index (χ1v) is 10.9. The molecule has 170 valence electrons. The van der Waals surface area contributed by atoms with Gasteiger partial charge in [-0.1, -0.05) is 6.07 Å². The highest BCUT2D eigenvalue weighted by molar-refractivity contribution is 5.96. The Bertz CT molecular complexity index is 1470. The SMILES string of the molecule is Cc1c(Oc2ccnc(Nc3cnn(C)c3)c2)cccc1C(=O)NCc1ccn2cccc2c1. The summed E-state index contributed by atoms with van der Waals surface area (Å²) >= 11 is 0. The molecule has 1 aromatic carbocycles. The van der Waals surface area contributed by atoms with Crippen molar-refractivity contribution in [1.29, 1.82) is 0 Å². The molecule has 0 unspecified atom stereocenters. The van der Waals surface area contributed by atoms with Gasteiger partial charge < -0.3 is 19.8 Å². The molecule has 0 radical (unpaired) electrons. The first kappa shape index (κ1) is 21.3. The number of benzene rings is 1. The smallest absolute Gasteiger partial charge is 0.251 e. The van der Waals surface area contributed by atoms with Crippen molar-refractivity contribution in [3.05, 3.63) is 102 Å². The van der Waals surface area contributed by atoms with E-state index in [4.69, 9.17) is 4.74 Å². The lowest BCUT2D eigenvalue weighted by Gasteiger charge is -2.13. The van der Waals surface area contributed by atoms with E-state index >= 15 is 0 Å². The predicted molar refractivity (Wildman–Crippen MR) is 131 cm³/mol. The Hall–Kier alpha value is -4.59. The van der Waals surface area contributed by atoms with E-state index in [9.17, 15) is 4.79 Å². The molecule has 0 spiro atoms. The molecule has 4 heterocycles. The lowest BCUT2D eigenvalue weighted by atomic mass is 10.1. The number of aromatic nitrogens is 4. The van der Waals surface area contributed by atoms with Crippen LogP contribution in [0.15, 0.2) is 85.6 Å². The number of hydrogen-bond acceptors (Lipinski definition) is 5. The third-order valence-electron chi connectivity index (χ3n) is 5.51. The molecule has 0 atom stereocenters. The maximum absolute atomic E-state index is 12.9. The fourth-order valence-electron chi connectivity index (χ4n) is 3.74. The molecule has 8 nitrogen and oxygen atoms in total. The number of hydrogen-bond donors (Lipinski definition) is 2. The molecule has 0 aliphatic carbocycles. The number of carbonyl (C=O) groups is 1. The number of pyridine rings is 2. The summed E-state index contributed by atoms with van der Waals surface area (Å²) in [6.45, 7) is 2.33. The molecular weight excluding hydrogens is 428 g/mol. The second kappa shape index (κ2) is 9.11. The van der Waals surface area contributed by atoms with Crippen LogP contribution in [-0.2, 0) is 13.6 Å². The van der Waals surface area contributed by atoms with E-state index in [2.05, 4.69) is 26.8 Å². The molecule has 0 saturated carbocycles. The van der Waals surface area contributed by atoms with Crippen molar-refractivity contribution in [2.75, 3.05) is 5.32 Å². The van der Waals surface area contributed by atoms with Crippen molar-refractivity contribution >= 4 is 22.9 Å². The second-order valence-electron chi connectivity index (χ2n) is 7.99. The van der Waals surface area contributed by atoms with Crippen LogP contribution < -0.4 is 15.4 Å². The van der Waals surface area contributed by atoms with Gasteiger partial charge >= 0.3 is 0 Å². The topological polar surface area (TPSA) is 85.5 Å². The summed E-state index contributed by atoms with van der Waals surface area (Å²) in [7, 11) is 1.85. The standard InChI is InChI=1S/C26H24N6O2/c1-18-23(26(33)28-15-19-9-12-32-11-4-5-21(32)13-19)6-3-7-24(18)34-22-8-10-27-25(14-22)30-20-16-29-31(2)17-20/h3-14,16-17H,15H2,1-2H3,(H,27,30)(H,28,33). The van der Waals surface area contributed by atoms with Crippen LogP contribution in [0.3, 0.4) is 0 Å². The Kier molecular flexibility index (Phi) is 5.70. The van der Waals surface area contributed by atoms with E-state index in [1.54, 1.807) is 35.3 Å². The second-order valence-corrected chi connectivity index (χ2v) is 7.99. The Morgan fingerprint density at radius 3 is 2.85 bits per heavy atom. The number of fused-ring (bicyclic) bond motifs is 1. The lowest BCUT2D eigenvalue weighted by molar-refractivity contribution is 0.0950. The number of nitrogens with one attached hydrogen (secondary N) is 2. The van der Waals surface area contributed by atoms with E-state index in [-0.39, 0.29) is 5.91 Å². The van der Waals surface area contributed by atoms with E-state index in [1.807, 2.05) is 67.3 Å². The normalized spacial score (nSPS) is 10.9.